The molecule has 4 nitrogen and oxygen atoms in total. The molecule has 2 aromatic rings. The van der Waals surface area contributed by atoms with Crippen LogP contribution >= 0.6 is 11.3 Å². The van der Waals surface area contributed by atoms with E-state index in [0.29, 0.717) is 5.82 Å². The predicted molar refractivity (Wildman–Crippen MR) is 65.3 cm³/mol. The van der Waals surface area contributed by atoms with Gasteiger partial charge in [0.15, 0.2) is 0 Å². The normalized spacial score (nSPS) is 10.8. The van der Waals surface area contributed by atoms with E-state index in [9.17, 15) is 4.79 Å². The molecule has 0 aromatic carbocycles. The largest absolute Gasteiger partial charge is 0.307 e. The molecule has 0 aliphatic heterocycles. The first-order valence-corrected chi connectivity index (χ1v) is 5.66. The Bertz CT molecular complexity index is 499. The average molecular weight is 233 g/mol. The van der Waals surface area contributed by atoms with Crippen LogP contribution in [-0.2, 0) is 4.79 Å². The van der Waals surface area contributed by atoms with Gasteiger partial charge in [0.05, 0.1) is 6.20 Å². The third kappa shape index (κ3) is 2.58. The zero-order valence-corrected chi connectivity index (χ0v) is 9.54. The SMILES string of the molecule is Cc1cn[nH]c1NC(=O)/C=C/c1cccs1. The summed E-state index contributed by atoms with van der Waals surface area (Å²) in [5.41, 5.74) is 0.915. The first-order chi connectivity index (χ1) is 7.75. The van der Waals surface area contributed by atoms with E-state index < -0.39 is 0 Å². The highest BCUT2D eigenvalue weighted by Gasteiger charge is 2.02. The third-order valence-corrected chi connectivity index (χ3v) is 2.86. The van der Waals surface area contributed by atoms with Crippen LogP contribution in [0.5, 0.6) is 0 Å². The molecule has 0 saturated heterocycles. The van der Waals surface area contributed by atoms with Gasteiger partial charge in [-0.1, -0.05) is 6.07 Å². The summed E-state index contributed by atoms with van der Waals surface area (Å²) in [5.74, 6) is 0.474. The molecule has 0 spiro atoms. The van der Waals surface area contributed by atoms with E-state index in [1.165, 1.54) is 6.08 Å². The summed E-state index contributed by atoms with van der Waals surface area (Å²) in [6, 6.07) is 3.90. The van der Waals surface area contributed by atoms with Gasteiger partial charge < -0.3 is 5.32 Å². The Morgan fingerprint density at radius 1 is 1.62 bits per heavy atom. The van der Waals surface area contributed by atoms with Crippen LogP contribution in [0.25, 0.3) is 6.08 Å². The number of thiophene rings is 1. The second-order valence-electron chi connectivity index (χ2n) is 3.27. The molecule has 2 heterocycles. The van der Waals surface area contributed by atoms with Gasteiger partial charge in [-0.3, -0.25) is 9.89 Å². The molecule has 0 aliphatic carbocycles. The highest BCUT2D eigenvalue weighted by atomic mass is 32.1. The number of anilines is 1. The van der Waals surface area contributed by atoms with Crippen molar-refractivity contribution in [1.29, 1.82) is 0 Å². The van der Waals surface area contributed by atoms with Gasteiger partial charge in [0.2, 0.25) is 5.91 Å². The number of aromatic amines is 1. The molecule has 0 aliphatic rings. The van der Waals surface area contributed by atoms with E-state index >= 15 is 0 Å². The summed E-state index contributed by atoms with van der Waals surface area (Å²) in [6.45, 7) is 1.88. The smallest absolute Gasteiger partial charge is 0.249 e. The molecule has 0 atom stereocenters. The fraction of sp³-hybridized carbons (Fsp3) is 0.0909. The van der Waals surface area contributed by atoms with Crippen molar-refractivity contribution in [2.45, 2.75) is 6.92 Å². The molecule has 82 valence electrons. The number of nitrogens with one attached hydrogen (secondary N) is 2. The average Bonchev–Trinajstić information content (AvgIpc) is 2.88. The van der Waals surface area contributed by atoms with Crippen LogP contribution < -0.4 is 5.32 Å². The fourth-order valence-corrected chi connectivity index (χ4v) is 1.80. The van der Waals surface area contributed by atoms with Gasteiger partial charge in [0.25, 0.3) is 0 Å². The van der Waals surface area contributed by atoms with Crippen LogP contribution in [0, 0.1) is 6.92 Å². The quantitative estimate of drug-likeness (QED) is 0.800. The van der Waals surface area contributed by atoms with Gasteiger partial charge in [-0.25, -0.2) is 0 Å². The van der Waals surface area contributed by atoms with Crippen molar-refractivity contribution in [3.05, 3.63) is 40.2 Å². The molecule has 0 unspecified atom stereocenters. The van der Waals surface area contributed by atoms with Gasteiger partial charge in [-0.2, -0.15) is 5.10 Å². The Kier molecular flexibility index (Phi) is 3.16. The zero-order chi connectivity index (χ0) is 11.4. The van der Waals surface area contributed by atoms with Gasteiger partial charge in [-0.05, 0) is 24.4 Å². The van der Waals surface area contributed by atoms with E-state index in [4.69, 9.17) is 0 Å². The van der Waals surface area contributed by atoms with Crippen LogP contribution in [0.15, 0.2) is 29.8 Å². The van der Waals surface area contributed by atoms with Crippen LogP contribution in [0.3, 0.4) is 0 Å². The maximum Gasteiger partial charge on any atom is 0.249 e. The zero-order valence-electron chi connectivity index (χ0n) is 8.73. The van der Waals surface area contributed by atoms with E-state index in [1.807, 2.05) is 24.4 Å². The van der Waals surface area contributed by atoms with Crippen LogP contribution in [-0.4, -0.2) is 16.1 Å². The number of nitrogens with zero attached hydrogens (tertiary/aromatic N) is 1. The molecule has 5 heteroatoms. The molecule has 0 saturated carbocycles. The summed E-state index contributed by atoms with van der Waals surface area (Å²) >= 11 is 1.59. The molecular formula is C11H11N3OS. The minimum Gasteiger partial charge on any atom is -0.307 e. The number of hydrogen-bond donors (Lipinski definition) is 2. The molecule has 0 fully saturated rings. The minimum atomic E-state index is -0.166. The number of hydrogen-bond acceptors (Lipinski definition) is 3. The highest BCUT2D eigenvalue weighted by Crippen LogP contribution is 2.11. The van der Waals surface area contributed by atoms with Crippen molar-refractivity contribution in [3.8, 4) is 0 Å². The fourth-order valence-electron chi connectivity index (χ4n) is 1.18. The predicted octanol–water partition coefficient (Wildman–Crippen LogP) is 2.43. The summed E-state index contributed by atoms with van der Waals surface area (Å²) in [4.78, 5) is 12.6. The Hall–Kier alpha value is -1.88. The second-order valence-corrected chi connectivity index (χ2v) is 4.25. The van der Waals surface area contributed by atoms with Crippen molar-refractivity contribution in [2.24, 2.45) is 0 Å². The Morgan fingerprint density at radius 3 is 3.12 bits per heavy atom. The van der Waals surface area contributed by atoms with E-state index in [2.05, 4.69) is 15.5 Å². The molecular weight excluding hydrogens is 222 g/mol. The van der Waals surface area contributed by atoms with E-state index in [0.717, 1.165) is 10.4 Å². The van der Waals surface area contributed by atoms with E-state index in [1.54, 1.807) is 23.6 Å². The lowest BCUT2D eigenvalue weighted by atomic mass is 10.3. The van der Waals surface area contributed by atoms with Gasteiger partial charge in [0.1, 0.15) is 5.82 Å². The van der Waals surface area contributed by atoms with Crippen molar-refractivity contribution in [2.75, 3.05) is 5.32 Å². The van der Waals surface area contributed by atoms with Gasteiger partial charge >= 0.3 is 0 Å². The highest BCUT2D eigenvalue weighted by molar-refractivity contribution is 7.10. The first kappa shape index (κ1) is 10.6. The number of H-pyrrole nitrogens is 1. The lowest BCUT2D eigenvalue weighted by Gasteiger charge is -1.98. The topological polar surface area (TPSA) is 57.8 Å². The van der Waals surface area contributed by atoms with Crippen molar-refractivity contribution in [3.63, 3.8) is 0 Å². The summed E-state index contributed by atoms with van der Waals surface area (Å²) in [7, 11) is 0. The molecule has 2 aromatic heterocycles. The molecule has 1 amide bonds. The standard InChI is InChI=1S/C11H11N3OS/c1-8-7-12-14-11(8)13-10(15)5-4-9-3-2-6-16-9/h2-7H,1H3,(H2,12,13,14,15)/b5-4+. The maximum atomic E-state index is 11.5. The summed E-state index contributed by atoms with van der Waals surface area (Å²) in [6.07, 6.45) is 4.95. The number of aryl methyl sites for hydroxylation is 1. The Balaban J connectivity index is 1.97. The van der Waals surface area contributed by atoms with Crippen molar-refractivity contribution < 1.29 is 4.79 Å². The number of rotatable bonds is 3. The summed E-state index contributed by atoms with van der Waals surface area (Å²) in [5, 5.41) is 11.2. The third-order valence-electron chi connectivity index (χ3n) is 2.02. The molecule has 0 radical (unpaired) electrons. The van der Waals surface area contributed by atoms with Crippen molar-refractivity contribution >= 4 is 29.1 Å². The lowest BCUT2D eigenvalue weighted by molar-refractivity contribution is -0.111. The summed E-state index contributed by atoms with van der Waals surface area (Å²) < 4.78 is 0. The van der Waals surface area contributed by atoms with Crippen LogP contribution in [0.4, 0.5) is 5.82 Å². The molecule has 2 rings (SSSR count). The monoisotopic (exact) mass is 233 g/mol. The molecule has 16 heavy (non-hydrogen) atoms. The van der Waals surface area contributed by atoms with Crippen molar-refractivity contribution in [1.82, 2.24) is 10.2 Å². The van der Waals surface area contributed by atoms with Gasteiger partial charge in [0, 0.05) is 16.5 Å². The number of carbonyl (C=O) groups is 1. The van der Waals surface area contributed by atoms with Crippen LogP contribution in [0.2, 0.25) is 0 Å². The molecule has 2 N–H and O–H groups in total. The first-order valence-electron chi connectivity index (χ1n) is 4.78. The second kappa shape index (κ2) is 4.76. The number of aromatic nitrogens is 2. The van der Waals surface area contributed by atoms with Gasteiger partial charge in [-0.15, -0.1) is 11.3 Å². The van der Waals surface area contributed by atoms with E-state index in [-0.39, 0.29) is 5.91 Å². The lowest BCUT2D eigenvalue weighted by Crippen LogP contribution is -2.08. The Labute approximate surface area is 97.0 Å². The molecule has 0 bridgehead atoms. The van der Waals surface area contributed by atoms with Crippen LogP contribution in [0.1, 0.15) is 10.4 Å². The minimum absolute atomic E-state index is 0.166. The Morgan fingerprint density at radius 2 is 2.50 bits per heavy atom. The maximum absolute atomic E-state index is 11.5. The number of amides is 1. The number of carbonyl (C=O) groups excluding carboxylic acids is 1.